The van der Waals surface area contributed by atoms with Crippen molar-refractivity contribution in [3.05, 3.63) is 41.2 Å². The van der Waals surface area contributed by atoms with Crippen LogP contribution in [0.2, 0.25) is 0 Å². The molecule has 132 valence electrons. The van der Waals surface area contributed by atoms with Crippen molar-refractivity contribution in [2.45, 2.75) is 34.2 Å². The highest BCUT2D eigenvalue weighted by Crippen LogP contribution is 2.27. The first-order chi connectivity index (χ1) is 11.9. The van der Waals surface area contributed by atoms with E-state index in [4.69, 9.17) is 4.74 Å². The van der Waals surface area contributed by atoms with Crippen LogP contribution in [0.4, 0.5) is 0 Å². The van der Waals surface area contributed by atoms with Gasteiger partial charge < -0.3 is 9.30 Å². The third kappa shape index (κ3) is 3.67. The number of nitrogens with zero attached hydrogens (tertiary/aromatic N) is 2. The molecule has 0 aliphatic rings. The number of benzene rings is 2. The third-order valence-corrected chi connectivity index (χ3v) is 5.20. The molecule has 2 aromatic carbocycles. The molecule has 5 heteroatoms. The lowest BCUT2D eigenvalue weighted by molar-refractivity contribution is -0.125. The number of carbonyl (C=O) groups is 1. The molecule has 0 bridgehead atoms. The quantitative estimate of drug-likeness (QED) is 0.652. The lowest BCUT2D eigenvalue weighted by Gasteiger charge is -2.12. The lowest BCUT2D eigenvalue weighted by atomic mass is 9.96. The van der Waals surface area contributed by atoms with E-state index in [-0.39, 0.29) is 5.91 Å². The van der Waals surface area contributed by atoms with E-state index in [2.05, 4.69) is 33.8 Å². The van der Waals surface area contributed by atoms with Gasteiger partial charge >= 0.3 is 0 Å². The molecule has 0 spiro atoms. The molecule has 0 aliphatic heterocycles. The summed E-state index contributed by atoms with van der Waals surface area (Å²) in [6.45, 7) is 9.63. The molecule has 4 nitrogen and oxygen atoms in total. The van der Waals surface area contributed by atoms with Gasteiger partial charge in [-0.25, -0.2) is 0 Å². The van der Waals surface area contributed by atoms with Gasteiger partial charge in [0.1, 0.15) is 0 Å². The maximum atomic E-state index is 12.5. The van der Waals surface area contributed by atoms with E-state index < -0.39 is 5.41 Å². The SMILES string of the molecule is CCOCCn1c(=NC(=O)C(C)(C)C)sc2c3ccccc3ccc21. The van der Waals surface area contributed by atoms with Gasteiger partial charge in [0.05, 0.1) is 16.8 Å². The van der Waals surface area contributed by atoms with Gasteiger partial charge in [-0.15, -0.1) is 0 Å². The van der Waals surface area contributed by atoms with Crippen LogP contribution in [0.3, 0.4) is 0 Å². The van der Waals surface area contributed by atoms with Crippen LogP contribution in [0.1, 0.15) is 27.7 Å². The molecule has 3 aromatic rings. The average Bonchev–Trinajstić information content (AvgIpc) is 2.92. The van der Waals surface area contributed by atoms with Crippen LogP contribution in [-0.4, -0.2) is 23.7 Å². The molecule has 25 heavy (non-hydrogen) atoms. The number of ether oxygens (including phenoxy) is 1. The Morgan fingerprint density at radius 2 is 1.96 bits per heavy atom. The van der Waals surface area contributed by atoms with Gasteiger partial charge in [-0.1, -0.05) is 62.4 Å². The summed E-state index contributed by atoms with van der Waals surface area (Å²) in [6.07, 6.45) is 0. The highest BCUT2D eigenvalue weighted by atomic mass is 32.1. The van der Waals surface area contributed by atoms with Crippen LogP contribution < -0.4 is 4.80 Å². The fraction of sp³-hybridized carbons (Fsp3) is 0.400. The predicted octanol–water partition coefficient (Wildman–Crippen LogP) is 4.37. The Hall–Kier alpha value is -1.98. The smallest absolute Gasteiger partial charge is 0.253 e. The van der Waals surface area contributed by atoms with Gasteiger partial charge in [0.2, 0.25) is 0 Å². The van der Waals surface area contributed by atoms with E-state index in [1.165, 1.54) is 10.8 Å². The van der Waals surface area contributed by atoms with E-state index in [9.17, 15) is 4.79 Å². The summed E-state index contributed by atoms with van der Waals surface area (Å²) in [4.78, 5) is 17.6. The number of carbonyl (C=O) groups excluding carboxylic acids is 1. The summed E-state index contributed by atoms with van der Waals surface area (Å²) in [5.41, 5.74) is 0.611. The fourth-order valence-electron chi connectivity index (χ4n) is 2.65. The van der Waals surface area contributed by atoms with Crippen LogP contribution >= 0.6 is 11.3 Å². The van der Waals surface area contributed by atoms with Gasteiger partial charge in [0.15, 0.2) is 4.80 Å². The minimum Gasteiger partial charge on any atom is -0.380 e. The molecule has 0 saturated carbocycles. The van der Waals surface area contributed by atoms with Crippen LogP contribution in [0, 0.1) is 5.41 Å². The first-order valence-electron chi connectivity index (χ1n) is 8.60. The summed E-state index contributed by atoms with van der Waals surface area (Å²) < 4.78 is 8.79. The van der Waals surface area contributed by atoms with Crippen LogP contribution in [0.5, 0.6) is 0 Å². The van der Waals surface area contributed by atoms with Crippen molar-refractivity contribution >= 4 is 38.2 Å². The number of fused-ring (bicyclic) bond motifs is 3. The first-order valence-corrected chi connectivity index (χ1v) is 9.41. The summed E-state index contributed by atoms with van der Waals surface area (Å²) in [7, 11) is 0. The molecule has 0 fully saturated rings. The van der Waals surface area contributed by atoms with E-state index in [1.807, 2.05) is 39.8 Å². The highest BCUT2D eigenvalue weighted by Gasteiger charge is 2.21. The van der Waals surface area contributed by atoms with E-state index in [0.717, 1.165) is 15.0 Å². The lowest BCUT2D eigenvalue weighted by Crippen LogP contribution is -2.24. The van der Waals surface area contributed by atoms with Crippen molar-refractivity contribution in [1.82, 2.24) is 4.57 Å². The second-order valence-corrected chi connectivity index (χ2v) is 8.01. The number of thiazole rings is 1. The maximum Gasteiger partial charge on any atom is 0.253 e. The normalized spacial score (nSPS) is 13.0. The predicted molar refractivity (Wildman–Crippen MR) is 104 cm³/mol. The molecule has 0 aliphatic carbocycles. The molecule has 1 amide bonds. The Balaban J connectivity index is 2.23. The molecule has 0 atom stereocenters. The molecule has 3 rings (SSSR count). The molecule has 0 radical (unpaired) electrons. The van der Waals surface area contributed by atoms with Crippen molar-refractivity contribution in [1.29, 1.82) is 0 Å². The average molecular weight is 356 g/mol. The van der Waals surface area contributed by atoms with Crippen LogP contribution in [0.25, 0.3) is 21.0 Å². The molecular formula is C20H24N2O2S. The molecule has 0 saturated heterocycles. The Kier molecular flexibility index (Phi) is 5.06. The zero-order valence-electron chi connectivity index (χ0n) is 15.2. The number of hydrogen-bond acceptors (Lipinski definition) is 3. The minimum absolute atomic E-state index is 0.103. The zero-order chi connectivity index (χ0) is 18.0. The Morgan fingerprint density at radius 3 is 2.68 bits per heavy atom. The fourth-order valence-corrected chi connectivity index (χ4v) is 3.84. The summed E-state index contributed by atoms with van der Waals surface area (Å²) in [6, 6.07) is 12.5. The number of amides is 1. The van der Waals surface area contributed by atoms with Crippen LogP contribution in [-0.2, 0) is 16.1 Å². The van der Waals surface area contributed by atoms with Gasteiger partial charge in [-0.05, 0) is 18.4 Å². The monoisotopic (exact) mass is 356 g/mol. The van der Waals surface area contributed by atoms with Crippen molar-refractivity contribution in [3.8, 4) is 0 Å². The Bertz CT molecular complexity index is 977. The summed E-state index contributed by atoms with van der Waals surface area (Å²) >= 11 is 1.58. The summed E-state index contributed by atoms with van der Waals surface area (Å²) in [5, 5.41) is 2.39. The zero-order valence-corrected chi connectivity index (χ0v) is 16.0. The second-order valence-electron chi connectivity index (χ2n) is 7.04. The Labute approximate surface area is 151 Å². The van der Waals surface area contributed by atoms with E-state index >= 15 is 0 Å². The number of aromatic nitrogens is 1. The molecule has 1 heterocycles. The first kappa shape index (κ1) is 17.8. The topological polar surface area (TPSA) is 43.6 Å². The van der Waals surface area contributed by atoms with Crippen molar-refractivity contribution in [3.63, 3.8) is 0 Å². The van der Waals surface area contributed by atoms with E-state index in [0.29, 0.717) is 19.8 Å². The third-order valence-electron chi connectivity index (χ3n) is 4.08. The van der Waals surface area contributed by atoms with Gasteiger partial charge in [-0.2, -0.15) is 4.99 Å². The van der Waals surface area contributed by atoms with Crippen molar-refractivity contribution in [2.24, 2.45) is 10.4 Å². The number of rotatable bonds is 4. The minimum atomic E-state index is -0.490. The van der Waals surface area contributed by atoms with Crippen LogP contribution in [0.15, 0.2) is 41.4 Å². The molecule has 0 N–H and O–H groups in total. The Morgan fingerprint density at radius 1 is 1.20 bits per heavy atom. The standard InChI is InChI=1S/C20H24N2O2S/c1-5-24-13-12-22-16-11-10-14-8-6-7-9-15(14)17(16)25-19(22)21-18(23)20(2,3)4/h6-11H,5,12-13H2,1-4H3. The van der Waals surface area contributed by atoms with Gasteiger partial charge in [0, 0.05) is 24.0 Å². The molecule has 0 unspecified atom stereocenters. The summed E-state index contributed by atoms with van der Waals surface area (Å²) in [5.74, 6) is -0.103. The molecule has 1 aromatic heterocycles. The number of hydrogen-bond donors (Lipinski definition) is 0. The highest BCUT2D eigenvalue weighted by molar-refractivity contribution is 7.17. The van der Waals surface area contributed by atoms with Crippen molar-refractivity contribution < 1.29 is 9.53 Å². The maximum absolute atomic E-state index is 12.5. The second kappa shape index (κ2) is 7.10. The van der Waals surface area contributed by atoms with Gasteiger partial charge in [-0.3, -0.25) is 4.79 Å². The largest absolute Gasteiger partial charge is 0.380 e. The van der Waals surface area contributed by atoms with Gasteiger partial charge in [0.25, 0.3) is 5.91 Å². The van der Waals surface area contributed by atoms with Crippen molar-refractivity contribution in [2.75, 3.05) is 13.2 Å². The van der Waals surface area contributed by atoms with E-state index in [1.54, 1.807) is 11.3 Å². The molecular weight excluding hydrogens is 332 g/mol.